The monoisotopic (exact) mass is 616 g/mol. The van der Waals surface area contributed by atoms with Crippen LogP contribution in [0.25, 0.3) is 11.4 Å². The normalized spacial score (nSPS) is 12.9. The molecular formula is C31H32N6O8. The summed E-state index contributed by atoms with van der Waals surface area (Å²) in [5.41, 5.74) is -0.292. The topological polar surface area (TPSA) is 177 Å². The summed E-state index contributed by atoms with van der Waals surface area (Å²) < 4.78 is 22.4. The van der Waals surface area contributed by atoms with E-state index in [4.69, 9.17) is 13.9 Å². The highest BCUT2D eigenvalue weighted by molar-refractivity contribution is 5.98. The van der Waals surface area contributed by atoms with E-state index in [1.54, 1.807) is 50.2 Å². The van der Waals surface area contributed by atoms with Crippen LogP contribution < -0.4 is 25.7 Å². The van der Waals surface area contributed by atoms with Crippen LogP contribution in [0.4, 0.5) is 10.5 Å². The maximum atomic E-state index is 13.6. The Morgan fingerprint density at radius 1 is 1.04 bits per heavy atom. The zero-order chi connectivity index (χ0) is 32.3. The lowest BCUT2D eigenvalue weighted by Crippen LogP contribution is -2.46. The zero-order valence-electron chi connectivity index (χ0n) is 25.3. The van der Waals surface area contributed by atoms with E-state index in [2.05, 4.69) is 30.6 Å². The van der Waals surface area contributed by atoms with Gasteiger partial charge in [0.1, 0.15) is 18.1 Å². The van der Waals surface area contributed by atoms with Crippen molar-refractivity contribution in [1.29, 1.82) is 0 Å². The van der Waals surface area contributed by atoms with Crippen LogP contribution in [-0.2, 0) is 21.5 Å². The van der Waals surface area contributed by atoms with Gasteiger partial charge in [0.25, 0.3) is 11.4 Å². The number of carbonyl (C=O) groups is 3. The van der Waals surface area contributed by atoms with Crippen LogP contribution in [0.5, 0.6) is 11.5 Å². The van der Waals surface area contributed by atoms with E-state index < -0.39 is 41.3 Å². The third-order valence-corrected chi connectivity index (χ3v) is 7.33. The van der Waals surface area contributed by atoms with Crippen molar-refractivity contribution in [3.8, 4) is 22.9 Å². The number of ketones is 1. The Balaban J connectivity index is 1.38. The molecule has 0 saturated carbocycles. The zero-order valence-corrected chi connectivity index (χ0v) is 25.3. The van der Waals surface area contributed by atoms with Crippen LogP contribution in [0.2, 0.25) is 0 Å². The summed E-state index contributed by atoms with van der Waals surface area (Å²) in [5, 5.41) is 13.2. The number of fused-ring (bicyclic) bond motifs is 1. The molecule has 14 nitrogen and oxygen atoms in total. The van der Waals surface area contributed by atoms with Crippen molar-refractivity contribution in [3.05, 3.63) is 82.4 Å². The Bertz CT molecular complexity index is 1800. The average molecular weight is 617 g/mol. The molecule has 0 bridgehead atoms. The number of Topliss-reactive ketones (excluding diaryl/α,β-unsaturated/α-hetero) is 1. The van der Waals surface area contributed by atoms with E-state index in [0.29, 0.717) is 17.1 Å². The molecule has 1 aliphatic heterocycles. The van der Waals surface area contributed by atoms with Gasteiger partial charge in [-0.25, -0.2) is 9.78 Å². The first-order valence-electron chi connectivity index (χ1n) is 14.1. The highest BCUT2D eigenvalue weighted by Gasteiger charge is 2.35. The molecule has 3 heterocycles. The van der Waals surface area contributed by atoms with E-state index in [0.717, 1.165) is 17.2 Å². The number of aromatic nitrogens is 4. The third-order valence-electron chi connectivity index (χ3n) is 7.33. The second kappa shape index (κ2) is 12.6. The summed E-state index contributed by atoms with van der Waals surface area (Å²) in [7, 11) is 1.15. The van der Waals surface area contributed by atoms with Gasteiger partial charge < -0.3 is 23.9 Å². The molecule has 1 aliphatic rings. The number of ether oxygens (including phenoxy) is 3. The second-order valence-corrected chi connectivity index (χ2v) is 11.1. The predicted molar refractivity (Wildman–Crippen MR) is 160 cm³/mol. The quantitative estimate of drug-likeness (QED) is 0.249. The van der Waals surface area contributed by atoms with Crippen LogP contribution in [0.1, 0.15) is 49.8 Å². The average Bonchev–Trinajstić information content (AvgIpc) is 3.72. The Kier molecular flexibility index (Phi) is 8.66. The third kappa shape index (κ3) is 6.39. The van der Waals surface area contributed by atoms with E-state index in [-0.39, 0.29) is 36.0 Å². The molecule has 2 aromatic heterocycles. The molecule has 0 spiro atoms. The largest absolute Gasteiger partial charge is 0.454 e. The summed E-state index contributed by atoms with van der Waals surface area (Å²) in [5.74, 6) is -0.292. The van der Waals surface area contributed by atoms with E-state index in [1.807, 2.05) is 26.0 Å². The molecule has 5 rings (SSSR count). The number of methoxy groups -OCH3 is 1. The second-order valence-electron chi connectivity index (χ2n) is 11.1. The fourth-order valence-electron chi connectivity index (χ4n) is 4.72. The molecule has 1 atom stereocenters. The van der Waals surface area contributed by atoms with Crippen LogP contribution in [-0.4, -0.2) is 57.5 Å². The smallest absolute Gasteiger partial charge is 0.411 e. The van der Waals surface area contributed by atoms with Crippen LogP contribution >= 0.6 is 0 Å². The number of hydrogen-bond acceptors (Lipinski definition) is 11. The van der Waals surface area contributed by atoms with E-state index in [1.165, 1.54) is 6.20 Å². The molecule has 45 heavy (non-hydrogen) atoms. The number of anilines is 1. The van der Waals surface area contributed by atoms with Gasteiger partial charge in [-0.1, -0.05) is 50.2 Å². The van der Waals surface area contributed by atoms with Gasteiger partial charge in [0.15, 0.2) is 11.5 Å². The summed E-state index contributed by atoms with van der Waals surface area (Å²) in [6.07, 6.45) is 0.317. The lowest BCUT2D eigenvalue weighted by molar-refractivity contribution is -0.122. The summed E-state index contributed by atoms with van der Waals surface area (Å²) in [6.45, 7) is 6.87. The van der Waals surface area contributed by atoms with Gasteiger partial charge >= 0.3 is 6.09 Å². The number of carbonyl (C=O) groups excluding carboxylic acids is 3. The Morgan fingerprint density at radius 2 is 1.78 bits per heavy atom. The SMILES string of the molecule is COC(=O)Nc1cnc(-c2ccccc2)n(CC(=O)N[C@@H](C(=O)c2nnc(C(C)(C)c3ccc4c(c3)OCO4)o2)C(C)C)c1=O. The van der Waals surface area contributed by atoms with Crippen molar-refractivity contribution in [2.75, 3.05) is 19.2 Å². The molecule has 0 fully saturated rings. The molecule has 2 N–H and O–H groups in total. The van der Waals surface area contributed by atoms with Gasteiger partial charge in [0.2, 0.25) is 24.4 Å². The lowest BCUT2D eigenvalue weighted by Gasteiger charge is -2.22. The van der Waals surface area contributed by atoms with Gasteiger partial charge in [-0.2, -0.15) is 0 Å². The van der Waals surface area contributed by atoms with Crippen molar-refractivity contribution < 1.29 is 33.0 Å². The molecule has 0 unspecified atom stereocenters. The molecular weight excluding hydrogens is 584 g/mol. The highest BCUT2D eigenvalue weighted by Crippen LogP contribution is 2.38. The number of amides is 2. The molecule has 14 heteroatoms. The maximum Gasteiger partial charge on any atom is 0.411 e. The number of rotatable bonds is 10. The minimum Gasteiger partial charge on any atom is -0.454 e. The van der Waals surface area contributed by atoms with Crippen molar-refractivity contribution in [1.82, 2.24) is 25.1 Å². The molecule has 0 aliphatic carbocycles. The van der Waals surface area contributed by atoms with Crippen molar-refractivity contribution >= 4 is 23.5 Å². The summed E-state index contributed by atoms with van der Waals surface area (Å²) in [6, 6.07) is 13.2. The molecule has 0 radical (unpaired) electrons. The Morgan fingerprint density at radius 3 is 2.49 bits per heavy atom. The highest BCUT2D eigenvalue weighted by atomic mass is 16.7. The van der Waals surface area contributed by atoms with Crippen molar-refractivity contribution in [2.24, 2.45) is 5.92 Å². The van der Waals surface area contributed by atoms with Crippen molar-refractivity contribution in [2.45, 2.75) is 45.7 Å². The molecule has 234 valence electrons. The number of hydrogen-bond donors (Lipinski definition) is 2. The first kappa shape index (κ1) is 30.9. The summed E-state index contributed by atoms with van der Waals surface area (Å²) >= 11 is 0. The standard InChI is InChI=1S/C31H32N6O8/c1-17(2)24(25(39)27-35-36-29(45-27)31(3,4)19-11-12-21-22(13-19)44-16-43-21)34-23(38)15-37-26(18-9-7-6-8-10-18)32-14-20(28(37)40)33-30(41)42-5/h6-14,17,24H,15-16H2,1-5H3,(H,33,41)(H,34,38)/t24-/m1/s1. The lowest BCUT2D eigenvalue weighted by atomic mass is 9.84. The van der Waals surface area contributed by atoms with E-state index in [9.17, 15) is 19.2 Å². The Hall–Kier alpha value is -5.53. The van der Waals surface area contributed by atoms with Crippen LogP contribution in [0, 0.1) is 5.92 Å². The summed E-state index contributed by atoms with van der Waals surface area (Å²) in [4.78, 5) is 56.4. The van der Waals surface area contributed by atoms with Crippen LogP contribution in [0.15, 0.2) is 63.9 Å². The van der Waals surface area contributed by atoms with Gasteiger partial charge in [0, 0.05) is 5.56 Å². The fourth-order valence-corrected chi connectivity index (χ4v) is 4.72. The van der Waals surface area contributed by atoms with Gasteiger partial charge in [-0.15, -0.1) is 10.2 Å². The fraction of sp³-hybridized carbons (Fsp3) is 0.323. The Labute approximate surface area is 257 Å². The first-order valence-corrected chi connectivity index (χ1v) is 14.1. The molecule has 2 aromatic carbocycles. The predicted octanol–water partition coefficient (Wildman–Crippen LogP) is 3.55. The first-order chi connectivity index (χ1) is 21.5. The minimum atomic E-state index is -1.06. The maximum absolute atomic E-state index is 13.6. The number of benzene rings is 2. The van der Waals surface area contributed by atoms with E-state index >= 15 is 0 Å². The molecule has 0 saturated heterocycles. The van der Waals surface area contributed by atoms with Crippen molar-refractivity contribution in [3.63, 3.8) is 0 Å². The number of nitrogens with one attached hydrogen (secondary N) is 2. The van der Waals surface area contributed by atoms with Gasteiger partial charge in [0.05, 0.1) is 24.8 Å². The molecule has 4 aromatic rings. The van der Waals surface area contributed by atoms with Gasteiger partial charge in [-0.3, -0.25) is 24.3 Å². The van der Waals surface area contributed by atoms with Crippen LogP contribution in [0.3, 0.4) is 0 Å². The van der Waals surface area contributed by atoms with Gasteiger partial charge in [-0.05, 0) is 37.5 Å². The molecule has 2 amide bonds. The number of nitrogens with zero attached hydrogens (tertiary/aromatic N) is 4. The minimum absolute atomic E-state index is 0.134.